The number of nitrogens with two attached hydrogens (primary N) is 1. The van der Waals surface area contributed by atoms with Crippen molar-refractivity contribution in [3.05, 3.63) is 0 Å². The van der Waals surface area contributed by atoms with Gasteiger partial charge in [0, 0.05) is 19.1 Å². The fraction of sp³-hybridized carbons (Fsp3) is 0.889. The molecule has 0 radical (unpaired) electrons. The quantitative estimate of drug-likeness (QED) is 0.525. The van der Waals surface area contributed by atoms with Crippen LogP contribution < -0.4 is 16.4 Å². The first kappa shape index (κ1) is 10.3. The van der Waals surface area contributed by atoms with Crippen molar-refractivity contribution in [1.82, 2.24) is 10.6 Å². The van der Waals surface area contributed by atoms with Gasteiger partial charge in [0.2, 0.25) is 0 Å². The van der Waals surface area contributed by atoms with E-state index in [0.717, 1.165) is 12.5 Å². The van der Waals surface area contributed by atoms with Crippen LogP contribution in [0.15, 0.2) is 0 Å². The first-order chi connectivity index (χ1) is 6.24. The van der Waals surface area contributed by atoms with Crippen LogP contribution in [0.2, 0.25) is 0 Å². The number of primary amides is 1. The summed E-state index contributed by atoms with van der Waals surface area (Å²) in [6.07, 6.45) is 3.88. The molecule has 1 fully saturated rings. The highest BCUT2D eigenvalue weighted by atomic mass is 16.2. The maximum absolute atomic E-state index is 10.3. The standard InChI is InChI=1S/C9H19N3O/c1-2-8(7-3-4-7)11-5-6-12-9(10)13/h7-8,11H,2-6H2,1H3,(H3,10,12,13). The zero-order chi connectivity index (χ0) is 9.68. The van der Waals surface area contributed by atoms with Crippen molar-refractivity contribution in [2.45, 2.75) is 32.2 Å². The maximum atomic E-state index is 10.3. The summed E-state index contributed by atoms with van der Waals surface area (Å²) in [6, 6.07) is 0.191. The van der Waals surface area contributed by atoms with Gasteiger partial charge in [0.1, 0.15) is 0 Å². The lowest BCUT2D eigenvalue weighted by Gasteiger charge is -2.15. The van der Waals surface area contributed by atoms with Crippen molar-refractivity contribution in [3.63, 3.8) is 0 Å². The maximum Gasteiger partial charge on any atom is 0.312 e. The van der Waals surface area contributed by atoms with Crippen LogP contribution >= 0.6 is 0 Å². The summed E-state index contributed by atoms with van der Waals surface area (Å²) >= 11 is 0. The zero-order valence-electron chi connectivity index (χ0n) is 8.18. The Morgan fingerprint density at radius 1 is 1.54 bits per heavy atom. The number of nitrogens with one attached hydrogen (secondary N) is 2. The van der Waals surface area contributed by atoms with Gasteiger partial charge in [-0.2, -0.15) is 0 Å². The van der Waals surface area contributed by atoms with Gasteiger partial charge < -0.3 is 16.4 Å². The van der Waals surface area contributed by atoms with Crippen molar-refractivity contribution in [2.24, 2.45) is 11.7 Å². The van der Waals surface area contributed by atoms with Crippen LogP contribution in [0.25, 0.3) is 0 Å². The highest BCUT2D eigenvalue weighted by molar-refractivity contribution is 5.71. The van der Waals surface area contributed by atoms with Crippen molar-refractivity contribution < 1.29 is 4.79 Å². The summed E-state index contributed by atoms with van der Waals surface area (Å²) in [7, 11) is 0. The van der Waals surface area contributed by atoms with Crippen molar-refractivity contribution in [1.29, 1.82) is 0 Å². The molecule has 4 heteroatoms. The summed E-state index contributed by atoms with van der Waals surface area (Å²) in [4.78, 5) is 10.3. The van der Waals surface area contributed by atoms with Crippen LogP contribution in [0.1, 0.15) is 26.2 Å². The van der Waals surface area contributed by atoms with Crippen LogP contribution in [0.3, 0.4) is 0 Å². The van der Waals surface area contributed by atoms with E-state index < -0.39 is 6.03 Å². The second-order valence-corrected chi connectivity index (χ2v) is 3.60. The van der Waals surface area contributed by atoms with Gasteiger partial charge in [-0.25, -0.2) is 4.79 Å². The van der Waals surface area contributed by atoms with Gasteiger partial charge in [-0.05, 0) is 25.2 Å². The number of hydrogen-bond acceptors (Lipinski definition) is 2. The van der Waals surface area contributed by atoms with E-state index in [1.807, 2.05) is 0 Å². The molecule has 4 nitrogen and oxygen atoms in total. The highest BCUT2D eigenvalue weighted by Gasteiger charge is 2.29. The monoisotopic (exact) mass is 185 g/mol. The van der Waals surface area contributed by atoms with Gasteiger partial charge in [-0.3, -0.25) is 0 Å². The number of carbonyl (C=O) groups is 1. The number of rotatable bonds is 6. The molecule has 2 amide bonds. The summed E-state index contributed by atoms with van der Waals surface area (Å²) in [6.45, 7) is 3.63. The zero-order valence-corrected chi connectivity index (χ0v) is 8.18. The van der Waals surface area contributed by atoms with Crippen LogP contribution in [-0.4, -0.2) is 25.2 Å². The van der Waals surface area contributed by atoms with Gasteiger partial charge in [0.25, 0.3) is 0 Å². The van der Waals surface area contributed by atoms with E-state index in [9.17, 15) is 4.79 Å². The summed E-state index contributed by atoms with van der Waals surface area (Å²) in [5.74, 6) is 0.874. The largest absolute Gasteiger partial charge is 0.352 e. The van der Waals surface area contributed by atoms with Gasteiger partial charge in [-0.15, -0.1) is 0 Å². The van der Waals surface area contributed by atoms with Crippen LogP contribution in [-0.2, 0) is 0 Å². The Balaban J connectivity index is 1.99. The first-order valence-electron chi connectivity index (χ1n) is 5.00. The lowest BCUT2D eigenvalue weighted by Crippen LogP contribution is -2.39. The predicted octanol–water partition coefficient (Wildman–Crippen LogP) is 0.433. The molecule has 0 aromatic rings. The molecule has 4 N–H and O–H groups in total. The molecule has 0 bridgehead atoms. The summed E-state index contributed by atoms with van der Waals surface area (Å²) < 4.78 is 0. The third-order valence-electron chi connectivity index (χ3n) is 2.46. The molecule has 0 aromatic carbocycles. The Morgan fingerprint density at radius 2 is 2.23 bits per heavy atom. The van der Waals surface area contributed by atoms with E-state index in [1.54, 1.807) is 0 Å². The lowest BCUT2D eigenvalue weighted by atomic mass is 10.1. The normalized spacial score (nSPS) is 18.2. The Hall–Kier alpha value is -0.770. The van der Waals surface area contributed by atoms with E-state index in [-0.39, 0.29) is 0 Å². The average Bonchev–Trinajstić information content (AvgIpc) is 2.87. The predicted molar refractivity (Wildman–Crippen MR) is 52.4 cm³/mol. The molecule has 0 heterocycles. The van der Waals surface area contributed by atoms with Crippen molar-refractivity contribution >= 4 is 6.03 Å². The molecule has 0 saturated heterocycles. The molecule has 1 saturated carbocycles. The molecular formula is C9H19N3O. The van der Waals surface area contributed by atoms with Gasteiger partial charge in [-0.1, -0.05) is 6.92 Å². The Bertz CT molecular complexity index is 168. The lowest BCUT2D eigenvalue weighted by molar-refractivity contribution is 0.248. The molecule has 0 aromatic heterocycles. The molecule has 1 atom stereocenters. The molecule has 0 spiro atoms. The summed E-state index contributed by atoms with van der Waals surface area (Å²) in [5, 5.41) is 5.98. The average molecular weight is 185 g/mol. The first-order valence-corrected chi connectivity index (χ1v) is 5.00. The third kappa shape index (κ3) is 4.12. The molecule has 1 unspecified atom stereocenters. The SMILES string of the molecule is CCC(NCCNC(N)=O)C1CC1. The molecule has 13 heavy (non-hydrogen) atoms. The second kappa shape index (κ2) is 5.07. The van der Waals surface area contributed by atoms with Crippen LogP contribution in [0.4, 0.5) is 4.79 Å². The fourth-order valence-corrected chi connectivity index (χ4v) is 1.59. The topological polar surface area (TPSA) is 67.2 Å². The molecule has 1 aliphatic carbocycles. The highest BCUT2D eigenvalue weighted by Crippen LogP contribution is 2.33. The minimum Gasteiger partial charge on any atom is -0.352 e. The van der Waals surface area contributed by atoms with Crippen molar-refractivity contribution in [2.75, 3.05) is 13.1 Å². The number of amides is 2. The summed E-state index contributed by atoms with van der Waals surface area (Å²) in [5.41, 5.74) is 4.94. The van der Waals surface area contributed by atoms with E-state index in [2.05, 4.69) is 17.6 Å². The number of hydrogen-bond donors (Lipinski definition) is 3. The van der Waals surface area contributed by atoms with E-state index in [0.29, 0.717) is 12.6 Å². The van der Waals surface area contributed by atoms with Crippen molar-refractivity contribution in [3.8, 4) is 0 Å². The van der Waals surface area contributed by atoms with Gasteiger partial charge in [0.15, 0.2) is 0 Å². The third-order valence-corrected chi connectivity index (χ3v) is 2.46. The minimum atomic E-state index is -0.443. The number of carbonyl (C=O) groups excluding carboxylic acids is 1. The Labute approximate surface area is 79.3 Å². The van der Waals surface area contributed by atoms with Gasteiger partial charge in [0.05, 0.1) is 0 Å². The fourth-order valence-electron chi connectivity index (χ4n) is 1.59. The molecule has 76 valence electrons. The number of urea groups is 1. The van der Waals surface area contributed by atoms with Crippen LogP contribution in [0, 0.1) is 5.92 Å². The molecule has 1 rings (SSSR count). The van der Waals surface area contributed by atoms with E-state index in [4.69, 9.17) is 5.73 Å². The molecule has 1 aliphatic rings. The Kier molecular flexibility index (Phi) is 4.02. The van der Waals surface area contributed by atoms with E-state index >= 15 is 0 Å². The Morgan fingerprint density at radius 3 is 2.69 bits per heavy atom. The van der Waals surface area contributed by atoms with Gasteiger partial charge >= 0.3 is 6.03 Å². The smallest absolute Gasteiger partial charge is 0.312 e. The van der Waals surface area contributed by atoms with Crippen LogP contribution in [0.5, 0.6) is 0 Å². The second-order valence-electron chi connectivity index (χ2n) is 3.60. The minimum absolute atomic E-state index is 0.443. The molecular weight excluding hydrogens is 166 g/mol. The van der Waals surface area contributed by atoms with E-state index in [1.165, 1.54) is 19.3 Å². The molecule has 0 aliphatic heterocycles.